The van der Waals surface area contributed by atoms with E-state index in [-0.39, 0.29) is 17.5 Å². The molecule has 0 radical (unpaired) electrons. The summed E-state index contributed by atoms with van der Waals surface area (Å²) in [7, 11) is 1.44. The van der Waals surface area contributed by atoms with Crippen molar-refractivity contribution in [2.45, 2.75) is 13.3 Å². The number of hydrogen-bond donors (Lipinski definition) is 2. The molecule has 2 rings (SSSR count). The third kappa shape index (κ3) is 2.45. The molecule has 1 amide bonds. The predicted molar refractivity (Wildman–Crippen MR) is 67.2 cm³/mol. The smallest absolute Gasteiger partial charge is 0.216 e. The molecule has 0 spiro atoms. The van der Waals surface area contributed by atoms with E-state index < -0.39 is 0 Å². The molecule has 0 unspecified atom stereocenters. The Morgan fingerprint density at radius 2 is 2.28 bits per heavy atom. The number of nitrogens with one attached hydrogen (secondary N) is 2. The first kappa shape index (κ1) is 12.4. The Kier molecular flexibility index (Phi) is 3.50. The van der Waals surface area contributed by atoms with Crippen molar-refractivity contribution >= 4 is 16.8 Å². The fraction of sp³-hybridized carbons (Fsp3) is 0.308. The van der Waals surface area contributed by atoms with Gasteiger partial charge in [0.15, 0.2) is 11.6 Å². The number of H-pyrrole nitrogens is 1. The molecule has 0 aliphatic rings. The summed E-state index contributed by atoms with van der Waals surface area (Å²) >= 11 is 0. The number of halogens is 1. The number of aromatic amines is 1. The van der Waals surface area contributed by atoms with Gasteiger partial charge in [-0.15, -0.1) is 0 Å². The molecular weight excluding hydrogens is 235 g/mol. The molecule has 0 fully saturated rings. The lowest BCUT2D eigenvalue weighted by Crippen LogP contribution is -2.22. The van der Waals surface area contributed by atoms with E-state index in [1.165, 1.54) is 20.1 Å². The molecule has 0 saturated carbocycles. The summed E-state index contributed by atoms with van der Waals surface area (Å²) in [5.41, 5.74) is 1.75. The van der Waals surface area contributed by atoms with Gasteiger partial charge < -0.3 is 15.0 Å². The SMILES string of the molecule is COc1cc2c(CCNC(C)=O)c[nH]c2cc1F. The molecule has 0 bridgehead atoms. The van der Waals surface area contributed by atoms with Crippen LogP contribution in [0.3, 0.4) is 0 Å². The van der Waals surface area contributed by atoms with Crippen LogP contribution in [0.2, 0.25) is 0 Å². The molecule has 2 aromatic rings. The maximum absolute atomic E-state index is 13.5. The summed E-state index contributed by atoms with van der Waals surface area (Å²) in [6.07, 6.45) is 2.51. The molecule has 96 valence electrons. The standard InChI is InChI=1S/C13H15FN2O2/c1-8(17)15-4-3-9-7-16-12-6-11(14)13(18-2)5-10(9)12/h5-7,16H,3-4H2,1-2H3,(H,15,17). The van der Waals surface area contributed by atoms with Gasteiger partial charge in [0, 0.05) is 36.6 Å². The lowest BCUT2D eigenvalue weighted by Gasteiger charge is -2.04. The van der Waals surface area contributed by atoms with Crippen molar-refractivity contribution in [1.29, 1.82) is 0 Å². The molecule has 1 aromatic carbocycles. The Bertz CT molecular complexity index is 578. The van der Waals surface area contributed by atoms with Crippen LogP contribution in [0.25, 0.3) is 10.9 Å². The first-order valence-corrected chi connectivity index (χ1v) is 5.69. The molecule has 0 saturated heterocycles. The highest BCUT2D eigenvalue weighted by atomic mass is 19.1. The average molecular weight is 250 g/mol. The molecular formula is C13H15FN2O2. The maximum atomic E-state index is 13.5. The quantitative estimate of drug-likeness (QED) is 0.872. The van der Waals surface area contributed by atoms with Gasteiger partial charge in [-0.2, -0.15) is 0 Å². The van der Waals surface area contributed by atoms with Crippen LogP contribution in [-0.2, 0) is 11.2 Å². The van der Waals surface area contributed by atoms with Crippen LogP contribution in [0.4, 0.5) is 4.39 Å². The molecule has 18 heavy (non-hydrogen) atoms. The minimum absolute atomic E-state index is 0.0570. The van der Waals surface area contributed by atoms with Crippen molar-refractivity contribution in [2.24, 2.45) is 0 Å². The van der Waals surface area contributed by atoms with E-state index in [9.17, 15) is 9.18 Å². The molecule has 1 aromatic heterocycles. The molecule has 2 N–H and O–H groups in total. The lowest BCUT2D eigenvalue weighted by molar-refractivity contribution is -0.118. The number of methoxy groups -OCH3 is 1. The first-order valence-electron chi connectivity index (χ1n) is 5.69. The summed E-state index contributed by atoms with van der Waals surface area (Å²) in [6, 6.07) is 3.08. The summed E-state index contributed by atoms with van der Waals surface area (Å²) in [5.74, 6) is -0.221. The van der Waals surface area contributed by atoms with E-state index >= 15 is 0 Å². The summed E-state index contributed by atoms with van der Waals surface area (Å²) in [5, 5.41) is 3.65. The van der Waals surface area contributed by atoms with Crippen LogP contribution in [0.15, 0.2) is 18.3 Å². The third-order valence-corrected chi connectivity index (χ3v) is 2.81. The molecule has 5 heteroatoms. The van der Waals surface area contributed by atoms with Gasteiger partial charge in [-0.05, 0) is 18.1 Å². The van der Waals surface area contributed by atoms with Crippen molar-refractivity contribution in [1.82, 2.24) is 10.3 Å². The van der Waals surface area contributed by atoms with Gasteiger partial charge >= 0.3 is 0 Å². The van der Waals surface area contributed by atoms with E-state index in [0.717, 1.165) is 16.5 Å². The Morgan fingerprint density at radius 3 is 2.94 bits per heavy atom. The van der Waals surface area contributed by atoms with E-state index in [0.29, 0.717) is 13.0 Å². The number of carbonyl (C=O) groups excluding carboxylic acids is 1. The summed E-state index contributed by atoms with van der Waals surface area (Å²) in [4.78, 5) is 13.8. The number of ether oxygens (including phenoxy) is 1. The molecule has 1 heterocycles. The number of rotatable bonds is 4. The zero-order chi connectivity index (χ0) is 13.1. The number of aromatic nitrogens is 1. The normalized spacial score (nSPS) is 10.6. The van der Waals surface area contributed by atoms with Crippen molar-refractivity contribution < 1.29 is 13.9 Å². The van der Waals surface area contributed by atoms with Gasteiger partial charge in [0.05, 0.1) is 7.11 Å². The second-order valence-electron chi connectivity index (χ2n) is 4.08. The molecule has 4 nitrogen and oxygen atoms in total. The average Bonchev–Trinajstić information content (AvgIpc) is 2.70. The van der Waals surface area contributed by atoms with Gasteiger partial charge in [-0.3, -0.25) is 4.79 Å². The van der Waals surface area contributed by atoms with E-state index in [2.05, 4.69) is 10.3 Å². The first-order chi connectivity index (χ1) is 8.61. The number of fused-ring (bicyclic) bond motifs is 1. The number of benzene rings is 1. The maximum Gasteiger partial charge on any atom is 0.216 e. The van der Waals surface area contributed by atoms with E-state index in [1.807, 2.05) is 6.20 Å². The van der Waals surface area contributed by atoms with Crippen molar-refractivity contribution in [3.8, 4) is 5.75 Å². The number of hydrogen-bond acceptors (Lipinski definition) is 2. The number of amides is 1. The lowest BCUT2D eigenvalue weighted by atomic mass is 10.1. The van der Waals surface area contributed by atoms with Crippen LogP contribution in [0.1, 0.15) is 12.5 Å². The second-order valence-corrected chi connectivity index (χ2v) is 4.08. The van der Waals surface area contributed by atoms with Gasteiger partial charge in [-0.25, -0.2) is 4.39 Å². The molecule has 0 aliphatic heterocycles. The highest BCUT2D eigenvalue weighted by Crippen LogP contribution is 2.26. The molecule has 0 aliphatic carbocycles. The van der Waals surface area contributed by atoms with Crippen LogP contribution in [0.5, 0.6) is 5.75 Å². The van der Waals surface area contributed by atoms with Crippen molar-refractivity contribution in [2.75, 3.05) is 13.7 Å². The summed E-state index contributed by atoms with van der Waals surface area (Å²) < 4.78 is 18.4. The Hall–Kier alpha value is -2.04. The molecule has 0 atom stereocenters. The predicted octanol–water partition coefficient (Wildman–Crippen LogP) is 1.99. The van der Waals surface area contributed by atoms with E-state index in [1.54, 1.807) is 6.07 Å². The second kappa shape index (κ2) is 5.08. The van der Waals surface area contributed by atoms with Gasteiger partial charge in [-0.1, -0.05) is 0 Å². The highest BCUT2D eigenvalue weighted by molar-refractivity contribution is 5.85. The van der Waals surface area contributed by atoms with Crippen LogP contribution in [-0.4, -0.2) is 24.5 Å². The fourth-order valence-electron chi connectivity index (χ4n) is 1.92. The minimum atomic E-state index is -0.389. The fourth-order valence-corrected chi connectivity index (χ4v) is 1.92. The van der Waals surface area contributed by atoms with Crippen LogP contribution < -0.4 is 10.1 Å². The Morgan fingerprint density at radius 1 is 1.50 bits per heavy atom. The third-order valence-electron chi connectivity index (χ3n) is 2.81. The zero-order valence-corrected chi connectivity index (χ0v) is 10.3. The summed E-state index contributed by atoms with van der Waals surface area (Å²) in [6.45, 7) is 2.04. The minimum Gasteiger partial charge on any atom is -0.494 e. The Balaban J connectivity index is 2.26. The van der Waals surface area contributed by atoms with Crippen molar-refractivity contribution in [3.63, 3.8) is 0 Å². The monoisotopic (exact) mass is 250 g/mol. The van der Waals surface area contributed by atoms with E-state index in [4.69, 9.17) is 4.74 Å². The van der Waals surface area contributed by atoms with Gasteiger partial charge in [0.25, 0.3) is 0 Å². The van der Waals surface area contributed by atoms with Gasteiger partial charge in [0.1, 0.15) is 0 Å². The Labute approximate surface area is 104 Å². The van der Waals surface area contributed by atoms with Crippen LogP contribution >= 0.6 is 0 Å². The van der Waals surface area contributed by atoms with Crippen LogP contribution in [0, 0.1) is 5.82 Å². The zero-order valence-electron chi connectivity index (χ0n) is 10.3. The van der Waals surface area contributed by atoms with Gasteiger partial charge in [0.2, 0.25) is 5.91 Å². The van der Waals surface area contributed by atoms with Crippen molar-refractivity contribution in [3.05, 3.63) is 29.7 Å². The number of carbonyl (C=O) groups is 1. The largest absolute Gasteiger partial charge is 0.494 e. The topological polar surface area (TPSA) is 54.1 Å². The highest BCUT2D eigenvalue weighted by Gasteiger charge is 2.09.